The number of nitrogens with zero attached hydrogens (tertiary/aromatic N) is 1. The molecule has 1 aliphatic rings. The fraction of sp³-hybridized carbons (Fsp3) is 0.500. The Balaban J connectivity index is 1.72. The van der Waals surface area contributed by atoms with Gasteiger partial charge in [-0.3, -0.25) is 4.79 Å². The second-order valence-corrected chi connectivity index (χ2v) is 5.49. The molecule has 1 saturated heterocycles. The van der Waals surface area contributed by atoms with Crippen molar-refractivity contribution in [3.05, 3.63) is 35.9 Å². The lowest BCUT2D eigenvalue weighted by atomic mass is 10.0. The molecule has 0 saturated carbocycles. The summed E-state index contributed by atoms with van der Waals surface area (Å²) < 4.78 is 0. The molecule has 0 aromatic heterocycles. The van der Waals surface area contributed by atoms with Crippen molar-refractivity contribution in [3.8, 4) is 0 Å². The molecule has 5 nitrogen and oxygen atoms in total. The minimum absolute atomic E-state index is 0.153. The SMILES string of the molecule is CC1C(C(=O)O)CCN1C(=O)NCCCc1ccccc1. The van der Waals surface area contributed by atoms with Crippen molar-refractivity contribution >= 4 is 12.0 Å². The number of likely N-dealkylation sites (tertiary alicyclic amines) is 1. The summed E-state index contributed by atoms with van der Waals surface area (Å²) >= 11 is 0. The van der Waals surface area contributed by atoms with E-state index in [4.69, 9.17) is 5.11 Å². The molecule has 0 radical (unpaired) electrons. The maximum Gasteiger partial charge on any atom is 0.317 e. The van der Waals surface area contributed by atoms with Gasteiger partial charge >= 0.3 is 12.0 Å². The first-order chi connectivity index (χ1) is 10.1. The van der Waals surface area contributed by atoms with E-state index in [0.29, 0.717) is 19.5 Å². The average Bonchev–Trinajstić information content (AvgIpc) is 2.86. The van der Waals surface area contributed by atoms with Gasteiger partial charge in [0.15, 0.2) is 0 Å². The summed E-state index contributed by atoms with van der Waals surface area (Å²) in [5.41, 5.74) is 1.26. The van der Waals surface area contributed by atoms with Crippen LogP contribution in [-0.4, -0.2) is 41.1 Å². The second kappa shape index (κ2) is 7.11. The number of urea groups is 1. The van der Waals surface area contributed by atoms with Gasteiger partial charge in [-0.2, -0.15) is 0 Å². The standard InChI is InChI=1S/C16H22N2O3/c1-12-14(15(19)20)9-11-18(12)16(21)17-10-5-8-13-6-3-2-4-7-13/h2-4,6-7,12,14H,5,8-11H2,1H3,(H,17,21)(H,19,20). The lowest BCUT2D eigenvalue weighted by Gasteiger charge is -2.23. The number of carboxylic acid groups (broad SMARTS) is 1. The molecule has 1 heterocycles. The second-order valence-electron chi connectivity index (χ2n) is 5.49. The van der Waals surface area contributed by atoms with Crippen LogP contribution < -0.4 is 5.32 Å². The highest BCUT2D eigenvalue weighted by Gasteiger charge is 2.37. The van der Waals surface area contributed by atoms with Gasteiger partial charge in [0.25, 0.3) is 0 Å². The van der Waals surface area contributed by atoms with Crippen LogP contribution in [0.15, 0.2) is 30.3 Å². The van der Waals surface area contributed by atoms with Gasteiger partial charge in [-0.15, -0.1) is 0 Å². The third kappa shape index (κ3) is 3.97. The molecule has 1 aliphatic heterocycles. The highest BCUT2D eigenvalue weighted by molar-refractivity contribution is 5.78. The van der Waals surface area contributed by atoms with Crippen LogP contribution in [0.5, 0.6) is 0 Å². The normalized spacial score (nSPS) is 21.3. The van der Waals surface area contributed by atoms with Crippen molar-refractivity contribution in [2.24, 2.45) is 5.92 Å². The minimum Gasteiger partial charge on any atom is -0.481 e. The number of nitrogens with one attached hydrogen (secondary N) is 1. The van der Waals surface area contributed by atoms with Gasteiger partial charge in [0, 0.05) is 19.1 Å². The topological polar surface area (TPSA) is 69.6 Å². The van der Waals surface area contributed by atoms with Crippen molar-refractivity contribution in [2.75, 3.05) is 13.1 Å². The molecule has 1 aromatic rings. The summed E-state index contributed by atoms with van der Waals surface area (Å²) in [5, 5.41) is 11.9. The Kier molecular flexibility index (Phi) is 5.20. The van der Waals surface area contributed by atoms with Crippen molar-refractivity contribution in [1.82, 2.24) is 10.2 Å². The van der Waals surface area contributed by atoms with Crippen LogP contribution >= 0.6 is 0 Å². The van der Waals surface area contributed by atoms with Crippen LogP contribution in [0.25, 0.3) is 0 Å². The van der Waals surface area contributed by atoms with E-state index in [1.807, 2.05) is 18.2 Å². The fourth-order valence-corrected chi connectivity index (χ4v) is 2.79. The Morgan fingerprint density at radius 2 is 2.05 bits per heavy atom. The number of amides is 2. The average molecular weight is 290 g/mol. The van der Waals surface area contributed by atoms with E-state index in [2.05, 4.69) is 17.4 Å². The zero-order chi connectivity index (χ0) is 15.2. The molecule has 2 unspecified atom stereocenters. The Bertz CT molecular complexity index is 490. The Morgan fingerprint density at radius 3 is 2.67 bits per heavy atom. The summed E-state index contributed by atoms with van der Waals surface area (Å²) in [4.78, 5) is 24.7. The van der Waals surface area contributed by atoms with Crippen LogP contribution in [0, 0.1) is 5.92 Å². The lowest BCUT2D eigenvalue weighted by Crippen LogP contribution is -2.44. The van der Waals surface area contributed by atoms with Crippen molar-refractivity contribution in [3.63, 3.8) is 0 Å². The van der Waals surface area contributed by atoms with Gasteiger partial charge in [0.05, 0.1) is 5.92 Å². The summed E-state index contributed by atoms with van der Waals surface area (Å²) in [5.74, 6) is -1.26. The Morgan fingerprint density at radius 1 is 1.33 bits per heavy atom. The van der Waals surface area contributed by atoms with Crippen LogP contribution in [0.4, 0.5) is 4.79 Å². The number of aliphatic carboxylic acids is 1. The molecule has 0 bridgehead atoms. The number of hydrogen-bond acceptors (Lipinski definition) is 2. The van der Waals surface area contributed by atoms with E-state index in [1.54, 1.807) is 11.8 Å². The van der Waals surface area contributed by atoms with E-state index in [1.165, 1.54) is 5.56 Å². The molecule has 2 rings (SSSR count). The highest BCUT2D eigenvalue weighted by atomic mass is 16.4. The first-order valence-electron chi connectivity index (χ1n) is 7.41. The van der Waals surface area contributed by atoms with Crippen LogP contribution in [0.3, 0.4) is 0 Å². The predicted octanol–water partition coefficient (Wildman–Crippen LogP) is 2.12. The van der Waals surface area contributed by atoms with E-state index < -0.39 is 11.9 Å². The quantitative estimate of drug-likeness (QED) is 0.816. The minimum atomic E-state index is -0.818. The van der Waals surface area contributed by atoms with E-state index in [-0.39, 0.29) is 12.1 Å². The summed E-state index contributed by atoms with van der Waals surface area (Å²) in [6.07, 6.45) is 2.34. The molecule has 2 atom stereocenters. The maximum atomic E-state index is 12.1. The Labute approximate surface area is 125 Å². The van der Waals surface area contributed by atoms with Crippen LogP contribution in [0.2, 0.25) is 0 Å². The molecule has 21 heavy (non-hydrogen) atoms. The largest absolute Gasteiger partial charge is 0.481 e. The molecule has 0 aliphatic carbocycles. The van der Waals surface area contributed by atoms with E-state index in [0.717, 1.165) is 12.8 Å². The van der Waals surface area contributed by atoms with Crippen molar-refractivity contribution in [1.29, 1.82) is 0 Å². The zero-order valence-corrected chi connectivity index (χ0v) is 12.3. The van der Waals surface area contributed by atoms with Gasteiger partial charge in [0.1, 0.15) is 0 Å². The first-order valence-corrected chi connectivity index (χ1v) is 7.41. The molecule has 2 N–H and O–H groups in total. The Hall–Kier alpha value is -2.04. The van der Waals surface area contributed by atoms with Crippen LogP contribution in [0.1, 0.15) is 25.3 Å². The number of carbonyl (C=O) groups is 2. The number of carbonyl (C=O) groups excluding carboxylic acids is 1. The smallest absolute Gasteiger partial charge is 0.317 e. The molecule has 1 aromatic carbocycles. The predicted molar refractivity (Wildman–Crippen MR) is 80.1 cm³/mol. The summed E-state index contributed by atoms with van der Waals surface area (Å²) in [6.45, 7) is 2.92. The van der Waals surface area contributed by atoms with Crippen molar-refractivity contribution in [2.45, 2.75) is 32.2 Å². The maximum absolute atomic E-state index is 12.1. The number of rotatable bonds is 5. The van der Waals surface area contributed by atoms with E-state index in [9.17, 15) is 9.59 Å². The fourth-order valence-electron chi connectivity index (χ4n) is 2.79. The molecule has 2 amide bonds. The molecule has 114 valence electrons. The third-order valence-corrected chi connectivity index (χ3v) is 4.09. The van der Waals surface area contributed by atoms with Gasteiger partial charge < -0.3 is 15.3 Å². The molecular formula is C16H22N2O3. The van der Waals surface area contributed by atoms with Gasteiger partial charge in [0.2, 0.25) is 0 Å². The molecular weight excluding hydrogens is 268 g/mol. The molecule has 5 heteroatoms. The molecule has 1 fully saturated rings. The highest BCUT2D eigenvalue weighted by Crippen LogP contribution is 2.24. The lowest BCUT2D eigenvalue weighted by molar-refractivity contribution is -0.142. The number of hydrogen-bond donors (Lipinski definition) is 2. The number of aryl methyl sites for hydroxylation is 1. The van der Waals surface area contributed by atoms with Crippen LogP contribution in [-0.2, 0) is 11.2 Å². The monoisotopic (exact) mass is 290 g/mol. The summed E-state index contributed by atoms with van der Waals surface area (Å²) in [7, 11) is 0. The van der Waals surface area contributed by atoms with Crippen molar-refractivity contribution < 1.29 is 14.7 Å². The summed E-state index contributed by atoms with van der Waals surface area (Å²) in [6, 6.07) is 9.75. The zero-order valence-electron chi connectivity index (χ0n) is 12.3. The number of carboxylic acids is 1. The number of benzene rings is 1. The van der Waals surface area contributed by atoms with Gasteiger partial charge in [-0.1, -0.05) is 30.3 Å². The van der Waals surface area contributed by atoms with Gasteiger partial charge in [-0.25, -0.2) is 4.79 Å². The van der Waals surface area contributed by atoms with E-state index >= 15 is 0 Å². The van der Waals surface area contributed by atoms with Gasteiger partial charge in [-0.05, 0) is 31.7 Å². The third-order valence-electron chi connectivity index (χ3n) is 4.09. The molecule has 0 spiro atoms. The first kappa shape index (κ1) is 15.4.